The molecule has 6 N–H and O–H groups in total. The molecule has 0 heterocycles. The van der Waals surface area contributed by atoms with Crippen molar-refractivity contribution in [2.75, 3.05) is 20.2 Å². The Morgan fingerprint density at radius 2 is 1.46 bits per heavy atom. The van der Waals surface area contributed by atoms with Crippen molar-refractivity contribution in [1.29, 1.82) is 0 Å². The lowest BCUT2D eigenvalue weighted by atomic mass is 10.1. The van der Waals surface area contributed by atoms with Gasteiger partial charge in [-0.3, -0.25) is 9.59 Å². The van der Waals surface area contributed by atoms with Crippen LogP contribution in [0.1, 0.15) is 109 Å². The summed E-state index contributed by atoms with van der Waals surface area (Å²) in [6.07, 6.45) is 11.4. The first-order chi connectivity index (χ1) is 23.2. The molecule has 2 atom stereocenters. The summed E-state index contributed by atoms with van der Waals surface area (Å²) in [6, 6.07) is 7.36. The maximum absolute atomic E-state index is 13.3. The maximum Gasteiger partial charge on any atom is 0.407 e. The highest BCUT2D eigenvalue weighted by Crippen LogP contribution is 2.11. The van der Waals surface area contributed by atoms with E-state index in [0.717, 1.165) is 24.8 Å². The van der Waals surface area contributed by atoms with Crippen LogP contribution >= 0.6 is 0 Å². The summed E-state index contributed by atoms with van der Waals surface area (Å²) >= 11 is 0. The molecule has 1 aromatic rings. The Morgan fingerprint density at radius 3 is 2.10 bits per heavy atom. The van der Waals surface area contributed by atoms with Gasteiger partial charge in [0.15, 0.2) is 5.03 Å². The molecule has 15 heteroatoms. The average molecular weight is 678 g/mol. The number of methoxy groups -OCH3 is 1. The summed E-state index contributed by atoms with van der Waals surface area (Å²) in [6.45, 7) is 2.82. The number of guanidine groups is 1. The number of hydrogen-bond donors (Lipinski definition) is 5. The van der Waals surface area contributed by atoms with Crippen molar-refractivity contribution in [3.05, 3.63) is 46.0 Å². The summed E-state index contributed by atoms with van der Waals surface area (Å²) in [5, 5.41) is 23.3. The highest BCUT2D eigenvalue weighted by atomic mass is 16.7. The van der Waals surface area contributed by atoms with E-state index in [4.69, 9.17) is 15.2 Å². The first-order valence-electron chi connectivity index (χ1n) is 17.0. The Balaban J connectivity index is 2.60. The van der Waals surface area contributed by atoms with Gasteiger partial charge >= 0.3 is 12.1 Å². The molecule has 48 heavy (non-hydrogen) atoms. The van der Waals surface area contributed by atoms with Crippen LogP contribution in [0, 0.1) is 10.1 Å². The maximum atomic E-state index is 13.3. The van der Waals surface area contributed by atoms with Gasteiger partial charge in [-0.25, -0.2) is 19.7 Å². The first-order valence-corrected chi connectivity index (χ1v) is 17.0. The molecule has 0 aliphatic heterocycles. The molecule has 0 aliphatic carbocycles. The number of hydrazone groups is 1. The topological polar surface area (TPSA) is 216 Å². The molecule has 0 saturated carbocycles. The van der Waals surface area contributed by atoms with Gasteiger partial charge in [-0.2, -0.15) is 0 Å². The number of nitrogens with one attached hydrogen (secondary N) is 4. The average Bonchev–Trinajstić information content (AvgIpc) is 3.06. The standard InChI is InChI=1S/C33H55N7O8/c1-3-4-5-6-7-8-9-10-14-22-29(41)37-27(21-17-24-35-32(34)39-40(45)46)30(42)38-28(31(43)47-2)20-15-16-23-36-33(44)48-25-26-18-12-11-13-19-26/h11-13,18-19,27-28H,3-10,14-17,20-25H2,1-2H3,(H,36,44)(H,37,41)(H,38,42)(H3,34,35,39)/t27-,28-/m0/s1. The molecule has 0 radical (unpaired) electrons. The van der Waals surface area contributed by atoms with E-state index in [-0.39, 0.29) is 44.3 Å². The number of nitro groups is 1. The summed E-state index contributed by atoms with van der Waals surface area (Å²) in [7, 11) is 1.22. The highest BCUT2D eigenvalue weighted by Gasteiger charge is 2.27. The number of benzene rings is 1. The summed E-state index contributed by atoms with van der Waals surface area (Å²) in [4.78, 5) is 61.1. The van der Waals surface area contributed by atoms with Crippen LogP contribution in [0.2, 0.25) is 0 Å². The van der Waals surface area contributed by atoms with Crippen molar-refractivity contribution in [2.24, 2.45) is 10.8 Å². The fourth-order valence-corrected chi connectivity index (χ4v) is 4.88. The summed E-state index contributed by atoms with van der Waals surface area (Å²) < 4.78 is 10.1. The number of nitrogens with zero attached hydrogens (tertiary/aromatic N) is 2. The molecule has 270 valence electrons. The van der Waals surface area contributed by atoms with Gasteiger partial charge in [-0.1, -0.05) is 88.6 Å². The van der Waals surface area contributed by atoms with Crippen LogP contribution in [-0.2, 0) is 30.5 Å². The van der Waals surface area contributed by atoms with E-state index in [0.29, 0.717) is 32.2 Å². The van der Waals surface area contributed by atoms with Crippen molar-refractivity contribution >= 4 is 29.8 Å². The van der Waals surface area contributed by atoms with Gasteiger partial charge in [0.1, 0.15) is 23.8 Å². The predicted octanol–water partition coefficient (Wildman–Crippen LogP) is 4.02. The van der Waals surface area contributed by atoms with Crippen LogP contribution in [-0.4, -0.2) is 67.2 Å². The Hall–Kier alpha value is -4.43. The van der Waals surface area contributed by atoms with Gasteiger partial charge in [0, 0.05) is 19.5 Å². The number of nitrogens with two attached hydrogens (primary N) is 1. The number of hydrogen-bond acceptors (Lipinski definition) is 8. The smallest absolute Gasteiger partial charge is 0.407 e. The molecule has 0 unspecified atom stereocenters. The zero-order chi connectivity index (χ0) is 35.4. The van der Waals surface area contributed by atoms with E-state index in [1.165, 1.54) is 39.2 Å². The Morgan fingerprint density at radius 1 is 0.833 bits per heavy atom. The second kappa shape index (κ2) is 26.6. The molecule has 0 fully saturated rings. The quantitative estimate of drug-likeness (QED) is 0.0237. The summed E-state index contributed by atoms with van der Waals surface area (Å²) in [5.41, 5.74) is 6.32. The Kier molecular flexibility index (Phi) is 23.1. The molecular formula is C33H55N7O8. The number of carbonyl (C=O) groups excluding carboxylic acids is 4. The van der Waals surface area contributed by atoms with E-state index in [9.17, 15) is 29.3 Å². The second-order valence-corrected chi connectivity index (χ2v) is 11.6. The normalized spacial score (nSPS) is 12.3. The lowest BCUT2D eigenvalue weighted by Crippen LogP contribution is -2.52. The highest BCUT2D eigenvalue weighted by molar-refractivity contribution is 5.90. The van der Waals surface area contributed by atoms with Crippen molar-refractivity contribution < 1.29 is 33.7 Å². The molecule has 0 bridgehead atoms. The van der Waals surface area contributed by atoms with E-state index in [2.05, 4.69) is 33.3 Å². The number of ether oxygens (including phenoxy) is 2. The molecule has 0 saturated heterocycles. The van der Waals surface area contributed by atoms with Crippen molar-refractivity contribution in [3.8, 4) is 0 Å². The molecular weight excluding hydrogens is 622 g/mol. The predicted molar refractivity (Wildman–Crippen MR) is 182 cm³/mol. The van der Waals surface area contributed by atoms with Crippen LogP contribution in [0.3, 0.4) is 0 Å². The number of amides is 3. The van der Waals surface area contributed by atoms with Crippen molar-refractivity contribution in [3.63, 3.8) is 0 Å². The minimum Gasteiger partial charge on any atom is -0.467 e. The van der Waals surface area contributed by atoms with Gasteiger partial charge in [0.05, 0.1) is 7.11 Å². The van der Waals surface area contributed by atoms with Gasteiger partial charge in [-0.15, -0.1) is 0 Å². The number of esters is 1. The molecule has 15 nitrogen and oxygen atoms in total. The third-order valence-electron chi connectivity index (χ3n) is 7.53. The van der Waals surface area contributed by atoms with Gasteiger partial charge in [0.2, 0.25) is 11.8 Å². The van der Waals surface area contributed by atoms with Crippen molar-refractivity contribution in [2.45, 2.75) is 122 Å². The Bertz CT molecular complexity index is 1120. The largest absolute Gasteiger partial charge is 0.467 e. The number of alkyl carbamates (subject to hydrolysis) is 1. The number of rotatable bonds is 26. The van der Waals surface area contributed by atoms with Crippen LogP contribution in [0.15, 0.2) is 35.4 Å². The molecule has 1 rings (SSSR count). The number of carbonyl (C=O) groups is 4. The molecule has 0 aliphatic rings. The van der Waals surface area contributed by atoms with E-state index in [1.54, 1.807) is 0 Å². The Labute approximate surface area is 283 Å². The van der Waals surface area contributed by atoms with Crippen LogP contribution in [0.5, 0.6) is 0 Å². The third kappa shape index (κ3) is 21.4. The zero-order valence-corrected chi connectivity index (χ0v) is 28.5. The zero-order valence-electron chi connectivity index (χ0n) is 28.5. The van der Waals surface area contributed by atoms with E-state index >= 15 is 0 Å². The second-order valence-electron chi connectivity index (χ2n) is 11.6. The van der Waals surface area contributed by atoms with Crippen LogP contribution in [0.25, 0.3) is 0 Å². The first kappa shape index (κ1) is 41.6. The van der Waals surface area contributed by atoms with Gasteiger partial charge in [-0.05, 0) is 44.1 Å². The third-order valence-corrected chi connectivity index (χ3v) is 7.53. The van der Waals surface area contributed by atoms with Gasteiger partial charge in [0.25, 0.3) is 5.96 Å². The molecule has 0 spiro atoms. The number of unbranched alkanes of at least 4 members (excludes halogenated alkanes) is 9. The van der Waals surface area contributed by atoms with Crippen LogP contribution in [0.4, 0.5) is 4.79 Å². The lowest BCUT2D eigenvalue weighted by molar-refractivity contribution is -0.485. The SMILES string of the molecule is CCCCCCCCCCCC(=O)N[C@@H](CCCN/C(N)=N/[N+](=O)[O-])C(=O)N[C@@H](CCCCNC(=O)OCc1ccccc1)C(=O)OC. The van der Waals surface area contributed by atoms with Gasteiger partial charge < -0.3 is 36.5 Å². The fraction of sp³-hybridized carbons (Fsp3) is 0.667. The monoisotopic (exact) mass is 677 g/mol. The van der Waals surface area contributed by atoms with Crippen molar-refractivity contribution in [1.82, 2.24) is 21.3 Å². The minimum absolute atomic E-state index is 0.149. The molecule has 0 aromatic heterocycles. The van der Waals surface area contributed by atoms with E-state index < -0.39 is 35.1 Å². The fourth-order valence-electron chi connectivity index (χ4n) is 4.88. The molecule has 1 aromatic carbocycles. The molecule has 3 amide bonds. The minimum atomic E-state index is -0.967. The summed E-state index contributed by atoms with van der Waals surface area (Å²) in [5.74, 6) is -1.84. The lowest BCUT2D eigenvalue weighted by Gasteiger charge is -2.22. The van der Waals surface area contributed by atoms with E-state index in [1.807, 2.05) is 30.3 Å². The van der Waals surface area contributed by atoms with Crippen LogP contribution < -0.4 is 27.0 Å².